The minimum Gasteiger partial charge on any atom is -0.191 e. The molecule has 0 N–H and O–H groups in total. The van der Waals surface area contributed by atoms with Crippen molar-refractivity contribution in [3.05, 3.63) is 33.3 Å². The summed E-state index contributed by atoms with van der Waals surface area (Å²) in [6.45, 7) is 0. The van der Waals surface area contributed by atoms with Crippen molar-refractivity contribution in [2.75, 3.05) is 0 Å². The zero-order chi connectivity index (χ0) is 11.9. The van der Waals surface area contributed by atoms with Crippen LogP contribution < -0.4 is 0 Å². The van der Waals surface area contributed by atoms with E-state index in [1.165, 1.54) is 6.07 Å². The Labute approximate surface area is 95.2 Å². The molecule has 0 aliphatic carbocycles. The first-order valence-electron chi connectivity index (χ1n) is 3.56. The van der Waals surface area contributed by atoms with Crippen LogP contribution in [0.15, 0.2) is 22.7 Å². The molecule has 15 heavy (non-hydrogen) atoms. The van der Waals surface area contributed by atoms with Crippen LogP contribution in [0, 0.1) is 0 Å². The second kappa shape index (κ2) is 3.90. The number of alkyl halides is 5. The fraction of sp³-hybridized carbons (Fsp3) is 0.250. The van der Waals surface area contributed by atoms with E-state index >= 15 is 0 Å². The number of halogens is 7. The molecule has 0 radical (unpaired) electrons. The van der Waals surface area contributed by atoms with Gasteiger partial charge < -0.3 is 0 Å². The van der Waals surface area contributed by atoms with Crippen molar-refractivity contribution in [3.63, 3.8) is 0 Å². The van der Waals surface area contributed by atoms with E-state index in [4.69, 9.17) is 11.6 Å². The van der Waals surface area contributed by atoms with Gasteiger partial charge in [-0.1, -0.05) is 27.5 Å². The SMILES string of the molecule is FC(F)(F)C(F)(F)c1cc(Cl)ccc1Br. The average molecular weight is 309 g/mol. The van der Waals surface area contributed by atoms with Crippen LogP contribution in [0.5, 0.6) is 0 Å². The van der Waals surface area contributed by atoms with Gasteiger partial charge in [0.15, 0.2) is 0 Å². The molecule has 0 aliphatic rings. The summed E-state index contributed by atoms with van der Waals surface area (Å²) in [7, 11) is 0. The van der Waals surface area contributed by atoms with Crippen LogP contribution in [0.25, 0.3) is 0 Å². The van der Waals surface area contributed by atoms with Gasteiger partial charge in [0.25, 0.3) is 0 Å². The summed E-state index contributed by atoms with van der Waals surface area (Å²) >= 11 is 7.97. The smallest absolute Gasteiger partial charge is 0.191 e. The molecule has 0 saturated carbocycles. The normalized spacial score (nSPS) is 13.0. The van der Waals surface area contributed by atoms with E-state index in [1.54, 1.807) is 0 Å². The summed E-state index contributed by atoms with van der Waals surface area (Å²) in [5.41, 5.74) is -1.19. The minimum absolute atomic E-state index is 0.183. The van der Waals surface area contributed by atoms with E-state index in [1.807, 2.05) is 0 Å². The predicted molar refractivity (Wildman–Crippen MR) is 49.1 cm³/mol. The van der Waals surface area contributed by atoms with Gasteiger partial charge in [-0.15, -0.1) is 0 Å². The standard InChI is InChI=1S/C8H3BrClF5/c9-6-2-1-4(10)3-5(6)7(11,12)8(13,14)15/h1-3H. The number of benzene rings is 1. The zero-order valence-electron chi connectivity index (χ0n) is 6.88. The molecule has 0 bridgehead atoms. The highest BCUT2D eigenvalue weighted by atomic mass is 79.9. The van der Waals surface area contributed by atoms with Gasteiger partial charge in [-0.05, 0) is 18.2 Å². The second-order valence-corrected chi connectivity index (χ2v) is 3.99. The number of hydrogen-bond donors (Lipinski definition) is 0. The van der Waals surface area contributed by atoms with Gasteiger partial charge in [-0.2, -0.15) is 22.0 Å². The molecule has 0 fully saturated rings. The lowest BCUT2D eigenvalue weighted by atomic mass is 10.1. The van der Waals surface area contributed by atoms with Crippen molar-refractivity contribution in [1.82, 2.24) is 0 Å². The third kappa shape index (κ3) is 2.42. The Morgan fingerprint density at radius 3 is 2.07 bits per heavy atom. The first-order valence-corrected chi connectivity index (χ1v) is 4.73. The molecular weight excluding hydrogens is 306 g/mol. The van der Waals surface area contributed by atoms with E-state index < -0.39 is 17.7 Å². The Balaban J connectivity index is 3.32. The van der Waals surface area contributed by atoms with Crippen LogP contribution in [-0.4, -0.2) is 6.18 Å². The largest absolute Gasteiger partial charge is 0.458 e. The highest BCUT2D eigenvalue weighted by Crippen LogP contribution is 2.46. The summed E-state index contributed by atoms with van der Waals surface area (Å²) in [5, 5.41) is -0.183. The lowest BCUT2D eigenvalue weighted by Gasteiger charge is -2.21. The fourth-order valence-electron chi connectivity index (χ4n) is 0.891. The highest BCUT2D eigenvalue weighted by Gasteiger charge is 2.59. The van der Waals surface area contributed by atoms with Crippen molar-refractivity contribution >= 4 is 27.5 Å². The first-order chi connectivity index (χ1) is 6.66. The molecule has 0 aromatic heterocycles. The summed E-state index contributed by atoms with van der Waals surface area (Å²) in [6.07, 6.45) is -5.64. The van der Waals surface area contributed by atoms with Crippen LogP contribution >= 0.6 is 27.5 Å². The second-order valence-electron chi connectivity index (χ2n) is 2.70. The fourth-order valence-corrected chi connectivity index (χ4v) is 1.56. The molecule has 7 heteroatoms. The molecule has 0 atom stereocenters. The van der Waals surface area contributed by atoms with Gasteiger partial charge in [0.1, 0.15) is 0 Å². The maximum absolute atomic E-state index is 12.9. The average Bonchev–Trinajstić information content (AvgIpc) is 2.07. The number of rotatable bonds is 1. The van der Waals surface area contributed by atoms with Crippen molar-refractivity contribution in [2.24, 2.45) is 0 Å². The molecule has 0 nitrogen and oxygen atoms in total. The molecule has 0 spiro atoms. The van der Waals surface area contributed by atoms with E-state index in [-0.39, 0.29) is 9.50 Å². The van der Waals surface area contributed by atoms with Crippen LogP contribution in [0.3, 0.4) is 0 Å². The monoisotopic (exact) mass is 308 g/mol. The molecule has 1 rings (SSSR count). The maximum atomic E-state index is 12.9. The lowest BCUT2D eigenvalue weighted by molar-refractivity contribution is -0.289. The van der Waals surface area contributed by atoms with Gasteiger partial charge in [-0.25, -0.2) is 0 Å². The van der Waals surface area contributed by atoms with Crippen LogP contribution in [0.2, 0.25) is 5.02 Å². The third-order valence-corrected chi connectivity index (χ3v) is 2.55. The minimum atomic E-state index is -5.64. The van der Waals surface area contributed by atoms with Gasteiger partial charge in [0.2, 0.25) is 0 Å². The van der Waals surface area contributed by atoms with Crippen molar-refractivity contribution in [2.45, 2.75) is 12.1 Å². The molecule has 84 valence electrons. The van der Waals surface area contributed by atoms with Crippen LogP contribution in [0.1, 0.15) is 5.56 Å². The Morgan fingerprint density at radius 1 is 1.07 bits per heavy atom. The predicted octanol–water partition coefficient (Wildman–Crippen LogP) is 4.76. The molecule has 1 aromatic rings. The van der Waals surface area contributed by atoms with Crippen LogP contribution in [0.4, 0.5) is 22.0 Å². The molecule has 1 aromatic carbocycles. The van der Waals surface area contributed by atoms with E-state index in [2.05, 4.69) is 15.9 Å². The van der Waals surface area contributed by atoms with E-state index in [9.17, 15) is 22.0 Å². The molecule has 0 heterocycles. The van der Waals surface area contributed by atoms with E-state index in [0.29, 0.717) is 6.07 Å². The van der Waals surface area contributed by atoms with E-state index in [0.717, 1.165) is 6.07 Å². The van der Waals surface area contributed by atoms with Gasteiger partial charge in [-0.3, -0.25) is 0 Å². The van der Waals surface area contributed by atoms with Crippen LogP contribution in [-0.2, 0) is 5.92 Å². The first kappa shape index (κ1) is 12.7. The summed E-state index contributed by atoms with van der Waals surface area (Å²) in [5.74, 6) is -4.92. The Morgan fingerprint density at radius 2 is 1.60 bits per heavy atom. The van der Waals surface area contributed by atoms with Crippen molar-refractivity contribution in [3.8, 4) is 0 Å². The van der Waals surface area contributed by atoms with Gasteiger partial charge >= 0.3 is 12.1 Å². The quantitative estimate of drug-likeness (QED) is 0.656. The Bertz CT molecular complexity index is 374. The van der Waals surface area contributed by atoms with Crippen molar-refractivity contribution in [1.29, 1.82) is 0 Å². The summed E-state index contributed by atoms with van der Waals surface area (Å²) < 4.78 is 61.5. The number of hydrogen-bond acceptors (Lipinski definition) is 0. The molecule has 0 amide bonds. The van der Waals surface area contributed by atoms with Crippen molar-refractivity contribution < 1.29 is 22.0 Å². The van der Waals surface area contributed by atoms with Gasteiger partial charge in [0, 0.05) is 15.1 Å². The third-order valence-electron chi connectivity index (χ3n) is 1.62. The highest BCUT2D eigenvalue weighted by molar-refractivity contribution is 9.10. The Kier molecular flexibility index (Phi) is 3.30. The molecule has 0 saturated heterocycles. The summed E-state index contributed by atoms with van der Waals surface area (Å²) in [4.78, 5) is 0. The van der Waals surface area contributed by atoms with Gasteiger partial charge in [0.05, 0.1) is 0 Å². The molecule has 0 unspecified atom stereocenters. The lowest BCUT2D eigenvalue weighted by Crippen LogP contribution is -2.33. The Hall–Kier alpha value is -0.360. The summed E-state index contributed by atoms with van der Waals surface area (Å²) in [6, 6.07) is 2.83. The molecule has 0 aliphatic heterocycles. The maximum Gasteiger partial charge on any atom is 0.458 e. The zero-order valence-corrected chi connectivity index (χ0v) is 9.22. The topological polar surface area (TPSA) is 0 Å². The molecular formula is C8H3BrClF5.